The first-order valence-electron chi connectivity index (χ1n) is 6.42. The Balaban J connectivity index is 2.29. The van der Waals surface area contributed by atoms with Crippen LogP contribution < -0.4 is 5.73 Å². The van der Waals surface area contributed by atoms with Crippen LogP contribution >= 0.6 is 0 Å². The summed E-state index contributed by atoms with van der Waals surface area (Å²) in [5.41, 5.74) is 8.25. The van der Waals surface area contributed by atoms with Gasteiger partial charge in [-0.05, 0) is 29.8 Å². The second-order valence-corrected chi connectivity index (χ2v) is 4.52. The first-order valence-corrected chi connectivity index (χ1v) is 6.42. The molecule has 0 saturated heterocycles. The molecule has 0 unspecified atom stereocenters. The molecule has 3 aromatic rings. The average Bonchev–Trinajstić information content (AvgIpc) is 2.56. The molecule has 0 atom stereocenters. The summed E-state index contributed by atoms with van der Waals surface area (Å²) in [5, 5.41) is 11.1. The highest BCUT2D eigenvalue weighted by molar-refractivity contribution is 5.84. The minimum absolute atomic E-state index is 0.116. The standard InChI is InChI=1S/C15H11N5O2/c16-15-13(20(21)22)9-12(10-1-5-17-6-2-10)14(19-15)11-3-7-18-8-4-11/h1-9H,(H2,16,19). The van der Waals surface area contributed by atoms with Crippen molar-refractivity contribution in [3.63, 3.8) is 0 Å². The van der Waals surface area contributed by atoms with Crippen LogP contribution in [0.4, 0.5) is 11.5 Å². The molecule has 0 spiro atoms. The Labute approximate surface area is 125 Å². The van der Waals surface area contributed by atoms with Gasteiger partial charge in [-0.3, -0.25) is 20.1 Å². The third-order valence-electron chi connectivity index (χ3n) is 3.17. The van der Waals surface area contributed by atoms with Gasteiger partial charge in [-0.1, -0.05) is 0 Å². The van der Waals surface area contributed by atoms with Crippen molar-refractivity contribution in [3.05, 3.63) is 65.2 Å². The van der Waals surface area contributed by atoms with Crippen molar-refractivity contribution in [1.29, 1.82) is 0 Å². The van der Waals surface area contributed by atoms with Crippen LogP contribution in [0.1, 0.15) is 0 Å². The molecular formula is C15H11N5O2. The molecule has 22 heavy (non-hydrogen) atoms. The van der Waals surface area contributed by atoms with Crippen molar-refractivity contribution < 1.29 is 4.92 Å². The largest absolute Gasteiger partial charge is 0.378 e. The van der Waals surface area contributed by atoms with Gasteiger partial charge in [0.2, 0.25) is 5.82 Å². The molecular weight excluding hydrogens is 282 g/mol. The Morgan fingerprint density at radius 1 is 0.955 bits per heavy atom. The predicted octanol–water partition coefficient (Wildman–Crippen LogP) is 2.70. The van der Waals surface area contributed by atoms with E-state index in [4.69, 9.17) is 5.73 Å². The number of hydrogen-bond acceptors (Lipinski definition) is 6. The Kier molecular flexibility index (Phi) is 3.45. The lowest BCUT2D eigenvalue weighted by molar-refractivity contribution is -0.384. The zero-order chi connectivity index (χ0) is 15.5. The molecule has 7 nitrogen and oxygen atoms in total. The summed E-state index contributed by atoms with van der Waals surface area (Å²) in [6.07, 6.45) is 6.50. The number of nitro groups is 1. The average molecular weight is 293 g/mol. The van der Waals surface area contributed by atoms with Gasteiger partial charge in [0.15, 0.2) is 0 Å². The highest BCUT2D eigenvalue weighted by atomic mass is 16.6. The molecule has 0 saturated carbocycles. The monoisotopic (exact) mass is 293 g/mol. The molecule has 0 fully saturated rings. The maximum absolute atomic E-state index is 11.1. The maximum atomic E-state index is 11.1. The highest BCUT2D eigenvalue weighted by Crippen LogP contribution is 2.35. The summed E-state index contributed by atoms with van der Waals surface area (Å²) in [4.78, 5) is 22.7. The van der Waals surface area contributed by atoms with Crippen LogP contribution in [0.3, 0.4) is 0 Å². The van der Waals surface area contributed by atoms with E-state index in [2.05, 4.69) is 15.0 Å². The fraction of sp³-hybridized carbons (Fsp3) is 0. The van der Waals surface area contributed by atoms with Crippen molar-refractivity contribution in [1.82, 2.24) is 15.0 Å². The minimum Gasteiger partial charge on any atom is -0.378 e. The number of anilines is 1. The highest BCUT2D eigenvalue weighted by Gasteiger charge is 2.19. The summed E-state index contributed by atoms with van der Waals surface area (Å²) in [6.45, 7) is 0. The van der Waals surface area contributed by atoms with E-state index in [1.807, 2.05) is 0 Å². The zero-order valence-electron chi connectivity index (χ0n) is 11.4. The number of nitrogens with two attached hydrogens (primary N) is 1. The van der Waals surface area contributed by atoms with Gasteiger partial charge >= 0.3 is 5.69 Å². The molecule has 0 aliphatic heterocycles. The van der Waals surface area contributed by atoms with E-state index >= 15 is 0 Å². The lowest BCUT2D eigenvalue weighted by atomic mass is 10.00. The van der Waals surface area contributed by atoms with Gasteiger partial charge in [-0.15, -0.1) is 0 Å². The summed E-state index contributed by atoms with van der Waals surface area (Å²) in [5.74, 6) is -0.116. The minimum atomic E-state index is -0.538. The van der Waals surface area contributed by atoms with Crippen molar-refractivity contribution in [3.8, 4) is 22.4 Å². The van der Waals surface area contributed by atoms with Crippen LogP contribution in [-0.4, -0.2) is 19.9 Å². The topological polar surface area (TPSA) is 108 Å². The Morgan fingerprint density at radius 3 is 2.05 bits per heavy atom. The van der Waals surface area contributed by atoms with Gasteiger partial charge < -0.3 is 5.73 Å². The van der Waals surface area contributed by atoms with Gasteiger partial charge in [0.25, 0.3) is 0 Å². The Hall–Kier alpha value is -3.35. The van der Waals surface area contributed by atoms with Crippen LogP contribution in [-0.2, 0) is 0 Å². The number of aromatic nitrogens is 3. The molecule has 0 radical (unpaired) electrons. The molecule has 0 aliphatic rings. The van der Waals surface area contributed by atoms with Gasteiger partial charge in [0, 0.05) is 42.0 Å². The summed E-state index contributed by atoms with van der Waals surface area (Å²) < 4.78 is 0. The fourth-order valence-electron chi connectivity index (χ4n) is 2.14. The van der Waals surface area contributed by atoms with E-state index in [1.165, 1.54) is 6.07 Å². The van der Waals surface area contributed by atoms with Crippen molar-refractivity contribution in [2.45, 2.75) is 0 Å². The molecule has 0 amide bonds. The third kappa shape index (κ3) is 2.47. The molecule has 3 aromatic heterocycles. The van der Waals surface area contributed by atoms with E-state index in [0.717, 1.165) is 11.1 Å². The predicted molar refractivity (Wildman–Crippen MR) is 81.8 cm³/mol. The third-order valence-corrected chi connectivity index (χ3v) is 3.17. The smallest absolute Gasteiger partial charge is 0.311 e. The van der Waals surface area contributed by atoms with Gasteiger partial charge in [0.05, 0.1) is 10.6 Å². The second-order valence-electron chi connectivity index (χ2n) is 4.52. The summed E-state index contributed by atoms with van der Waals surface area (Å²) in [7, 11) is 0. The van der Waals surface area contributed by atoms with E-state index in [-0.39, 0.29) is 11.5 Å². The first-order chi connectivity index (χ1) is 10.7. The van der Waals surface area contributed by atoms with Crippen LogP contribution in [0.25, 0.3) is 22.4 Å². The quantitative estimate of drug-likeness (QED) is 0.587. The summed E-state index contributed by atoms with van der Waals surface area (Å²) in [6, 6.07) is 8.52. The zero-order valence-corrected chi connectivity index (χ0v) is 11.4. The number of pyridine rings is 3. The van der Waals surface area contributed by atoms with E-state index in [9.17, 15) is 10.1 Å². The Morgan fingerprint density at radius 2 is 1.50 bits per heavy atom. The SMILES string of the molecule is Nc1nc(-c2ccncc2)c(-c2ccncc2)cc1[N+](=O)[O-]. The lowest BCUT2D eigenvalue weighted by Crippen LogP contribution is -2.01. The molecule has 2 N–H and O–H groups in total. The lowest BCUT2D eigenvalue weighted by Gasteiger charge is -2.10. The van der Waals surface area contributed by atoms with Crippen LogP contribution in [0.2, 0.25) is 0 Å². The number of nitrogens with zero attached hydrogens (tertiary/aromatic N) is 4. The van der Waals surface area contributed by atoms with Crippen molar-refractivity contribution in [2.24, 2.45) is 0 Å². The van der Waals surface area contributed by atoms with Gasteiger partial charge in [-0.25, -0.2) is 4.98 Å². The molecule has 0 aliphatic carbocycles. The summed E-state index contributed by atoms with van der Waals surface area (Å²) >= 11 is 0. The van der Waals surface area contributed by atoms with E-state index < -0.39 is 4.92 Å². The van der Waals surface area contributed by atoms with Crippen LogP contribution in [0.15, 0.2) is 55.1 Å². The number of nitrogen functional groups attached to an aromatic ring is 1. The van der Waals surface area contributed by atoms with Gasteiger partial charge in [-0.2, -0.15) is 0 Å². The number of hydrogen-bond donors (Lipinski definition) is 1. The van der Waals surface area contributed by atoms with Gasteiger partial charge in [0.1, 0.15) is 0 Å². The fourth-order valence-corrected chi connectivity index (χ4v) is 2.14. The Bertz CT molecular complexity index is 822. The molecule has 7 heteroatoms. The van der Waals surface area contributed by atoms with E-state index in [1.54, 1.807) is 49.1 Å². The van der Waals surface area contributed by atoms with Crippen LogP contribution in [0, 0.1) is 10.1 Å². The molecule has 0 aromatic carbocycles. The van der Waals surface area contributed by atoms with Crippen molar-refractivity contribution >= 4 is 11.5 Å². The van der Waals surface area contributed by atoms with Crippen molar-refractivity contribution in [2.75, 3.05) is 5.73 Å². The molecule has 0 bridgehead atoms. The second kappa shape index (κ2) is 5.57. The van der Waals surface area contributed by atoms with Crippen LogP contribution in [0.5, 0.6) is 0 Å². The van der Waals surface area contributed by atoms with E-state index in [0.29, 0.717) is 11.3 Å². The molecule has 108 valence electrons. The maximum Gasteiger partial charge on any atom is 0.311 e. The number of rotatable bonds is 3. The first kappa shape index (κ1) is 13.6. The molecule has 3 heterocycles. The normalized spacial score (nSPS) is 10.4. The molecule has 3 rings (SSSR count).